The fourth-order valence-electron chi connectivity index (χ4n) is 1.51. The zero-order chi connectivity index (χ0) is 12.3. The summed E-state index contributed by atoms with van der Waals surface area (Å²) in [6.07, 6.45) is 2.17. The van der Waals surface area contributed by atoms with Crippen LogP contribution in [0.15, 0.2) is 34.8 Å². The van der Waals surface area contributed by atoms with Crippen molar-refractivity contribution in [3.05, 3.63) is 46.1 Å². The monoisotopic (exact) mass is 229 g/mol. The van der Waals surface area contributed by atoms with Gasteiger partial charge in [0, 0.05) is 5.70 Å². The Labute approximate surface area is 97.2 Å². The van der Waals surface area contributed by atoms with Crippen LogP contribution in [0, 0.1) is 0 Å². The first kappa shape index (κ1) is 11.1. The minimum atomic E-state index is -0.194. The lowest BCUT2D eigenvalue weighted by Gasteiger charge is -2.00. The molecule has 0 fully saturated rings. The van der Waals surface area contributed by atoms with Crippen molar-refractivity contribution in [1.82, 2.24) is 15.3 Å². The van der Waals surface area contributed by atoms with E-state index in [1.165, 1.54) is 0 Å². The van der Waals surface area contributed by atoms with Crippen LogP contribution in [0.25, 0.3) is 17.0 Å². The molecule has 0 bridgehead atoms. The lowest BCUT2D eigenvalue weighted by molar-refractivity contribution is -0.108. The minimum Gasteiger partial charge on any atom is -0.333 e. The van der Waals surface area contributed by atoms with Crippen LogP contribution in [-0.4, -0.2) is 16.4 Å². The van der Waals surface area contributed by atoms with E-state index in [0.717, 1.165) is 0 Å². The highest BCUT2D eigenvalue weighted by molar-refractivity contribution is 5.78. The van der Waals surface area contributed by atoms with Crippen LogP contribution in [-0.2, 0) is 4.79 Å². The number of amides is 1. The second kappa shape index (κ2) is 4.61. The lowest BCUT2D eigenvalue weighted by Crippen LogP contribution is -2.11. The van der Waals surface area contributed by atoms with Crippen molar-refractivity contribution in [3.8, 4) is 0 Å². The maximum absolute atomic E-state index is 11.7. The van der Waals surface area contributed by atoms with E-state index in [4.69, 9.17) is 0 Å². The molecule has 0 aliphatic carbocycles. The Morgan fingerprint density at radius 3 is 2.94 bits per heavy atom. The molecule has 2 N–H and O–H groups in total. The van der Waals surface area contributed by atoms with Crippen LogP contribution in [0.3, 0.4) is 0 Å². The molecule has 0 aliphatic heterocycles. The summed E-state index contributed by atoms with van der Waals surface area (Å²) in [5, 5.41) is 3.03. The number of allylic oxidation sites excluding steroid dienone is 1. The summed E-state index contributed by atoms with van der Waals surface area (Å²) < 4.78 is 0. The van der Waals surface area contributed by atoms with Gasteiger partial charge in [0.25, 0.3) is 5.56 Å². The topological polar surface area (TPSA) is 74.8 Å². The number of hydrogen-bond acceptors (Lipinski definition) is 3. The molecule has 0 spiro atoms. The van der Waals surface area contributed by atoms with Crippen LogP contribution < -0.4 is 10.9 Å². The summed E-state index contributed by atoms with van der Waals surface area (Å²) in [6.45, 7) is 1.71. The van der Waals surface area contributed by atoms with Crippen molar-refractivity contribution >= 4 is 23.4 Å². The molecule has 1 aromatic heterocycles. The van der Waals surface area contributed by atoms with Crippen molar-refractivity contribution in [2.45, 2.75) is 6.92 Å². The van der Waals surface area contributed by atoms with Gasteiger partial charge in [-0.25, -0.2) is 4.98 Å². The molecule has 0 saturated heterocycles. The number of H-pyrrole nitrogens is 1. The van der Waals surface area contributed by atoms with Gasteiger partial charge in [-0.3, -0.25) is 9.59 Å². The Balaban J connectivity index is 2.54. The average Bonchev–Trinajstić information content (AvgIpc) is 2.29. The Morgan fingerprint density at radius 1 is 1.41 bits per heavy atom. The van der Waals surface area contributed by atoms with Crippen molar-refractivity contribution in [2.75, 3.05) is 0 Å². The van der Waals surface area contributed by atoms with Crippen molar-refractivity contribution in [2.24, 2.45) is 0 Å². The first-order chi connectivity index (χ1) is 8.20. The average molecular weight is 229 g/mol. The van der Waals surface area contributed by atoms with E-state index >= 15 is 0 Å². The second-order valence-electron chi connectivity index (χ2n) is 3.56. The highest BCUT2D eigenvalue weighted by Gasteiger charge is 2.01. The van der Waals surface area contributed by atoms with Gasteiger partial charge in [-0.05, 0) is 25.1 Å². The van der Waals surface area contributed by atoms with Crippen molar-refractivity contribution in [1.29, 1.82) is 0 Å². The predicted octanol–water partition coefficient (Wildman–Crippen LogP) is 1.03. The van der Waals surface area contributed by atoms with E-state index in [1.54, 1.807) is 31.2 Å². The van der Waals surface area contributed by atoms with E-state index in [-0.39, 0.29) is 5.56 Å². The maximum atomic E-state index is 11.7. The normalized spacial score (nSPS) is 11.5. The standard InChI is InChI=1S/C12H11N3O2/c1-8(13-7-16)6-11-14-10-5-3-2-4-9(10)12(17)15-11/h2-7H,1H3,(H,13,16)(H,14,15,17)/b8-6-. The third-order valence-corrected chi connectivity index (χ3v) is 2.27. The summed E-state index contributed by atoms with van der Waals surface area (Å²) in [6, 6.07) is 7.09. The van der Waals surface area contributed by atoms with Gasteiger partial charge in [-0.2, -0.15) is 0 Å². The molecule has 86 valence electrons. The number of para-hydroxylation sites is 1. The molecule has 0 unspecified atom stereocenters. The molecule has 17 heavy (non-hydrogen) atoms. The van der Waals surface area contributed by atoms with Gasteiger partial charge in [0.1, 0.15) is 5.82 Å². The van der Waals surface area contributed by atoms with E-state index in [1.807, 2.05) is 6.07 Å². The third kappa shape index (κ3) is 2.39. The molecular formula is C12H11N3O2. The Hall–Kier alpha value is -2.43. The second-order valence-corrected chi connectivity index (χ2v) is 3.56. The van der Waals surface area contributed by atoms with Crippen LogP contribution in [0.4, 0.5) is 0 Å². The molecule has 2 aromatic rings. The van der Waals surface area contributed by atoms with E-state index < -0.39 is 0 Å². The van der Waals surface area contributed by atoms with Gasteiger partial charge in [-0.1, -0.05) is 12.1 Å². The number of rotatable bonds is 3. The first-order valence-corrected chi connectivity index (χ1v) is 5.08. The number of fused-ring (bicyclic) bond motifs is 1. The zero-order valence-corrected chi connectivity index (χ0v) is 9.23. The molecule has 2 rings (SSSR count). The third-order valence-electron chi connectivity index (χ3n) is 2.27. The van der Waals surface area contributed by atoms with Crippen molar-refractivity contribution < 1.29 is 4.79 Å². The molecule has 0 saturated carbocycles. The van der Waals surface area contributed by atoms with E-state index in [9.17, 15) is 9.59 Å². The fraction of sp³-hybridized carbons (Fsp3) is 0.0833. The van der Waals surface area contributed by atoms with Gasteiger partial charge >= 0.3 is 0 Å². The maximum Gasteiger partial charge on any atom is 0.259 e. The largest absolute Gasteiger partial charge is 0.333 e. The van der Waals surface area contributed by atoms with Crippen LogP contribution in [0.1, 0.15) is 12.7 Å². The summed E-state index contributed by atoms with van der Waals surface area (Å²) in [4.78, 5) is 28.9. The number of aromatic nitrogens is 2. The molecule has 1 aromatic carbocycles. The quantitative estimate of drug-likeness (QED) is 0.772. The highest BCUT2D eigenvalue weighted by Crippen LogP contribution is 2.06. The summed E-state index contributed by atoms with van der Waals surface area (Å²) in [7, 11) is 0. The molecule has 1 heterocycles. The van der Waals surface area contributed by atoms with Gasteiger partial charge in [0.15, 0.2) is 0 Å². The molecule has 0 aliphatic rings. The molecular weight excluding hydrogens is 218 g/mol. The highest BCUT2D eigenvalue weighted by atomic mass is 16.1. The molecule has 0 radical (unpaired) electrons. The number of nitrogens with one attached hydrogen (secondary N) is 2. The lowest BCUT2D eigenvalue weighted by atomic mass is 10.2. The van der Waals surface area contributed by atoms with E-state index in [2.05, 4.69) is 15.3 Å². The first-order valence-electron chi connectivity index (χ1n) is 5.08. The van der Waals surface area contributed by atoms with Gasteiger partial charge in [0.2, 0.25) is 6.41 Å². The summed E-state index contributed by atoms with van der Waals surface area (Å²) in [5.41, 5.74) is 1.04. The molecule has 5 heteroatoms. The Kier molecular flexibility index (Phi) is 3.00. The van der Waals surface area contributed by atoms with Gasteiger partial charge in [0.05, 0.1) is 10.9 Å². The number of aromatic amines is 1. The Bertz CT molecular complexity index is 643. The number of carbonyl (C=O) groups excluding carboxylic acids is 1. The number of nitrogens with zero attached hydrogens (tertiary/aromatic N) is 1. The molecule has 0 atom stereocenters. The van der Waals surface area contributed by atoms with Crippen LogP contribution >= 0.6 is 0 Å². The SMILES string of the molecule is C/C(=C/c1nc2ccccc2c(=O)[nH]1)NC=O. The number of carbonyl (C=O) groups is 1. The van der Waals surface area contributed by atoms with Gasteiger partial charge in [-0.15, -0.1) is 0 Å². The fourth-order valence-corrected chi connectivity index (χ4v) is 1.51. The summed E-state index contributed by atoms with van der Waals surface area (Å²) >= 11 is 0. The number of hydrogen-bond donors (Lipinski definition) is 2. The molecule has 5 nitrogen and oxygen atoms in total. The smallest absolute Gasteiger partial charge is 0.259 e. The van der Waals surface area contributed by atoms with Crippen LogP contribution in [0.5, 0.6) is 0 Å². The molecule has 1 amide bonds. The predicted molar refractivity (Wildman–Crippen MR) is 65.2 cm³/mol. The van der Waals surface area contributed by atoms with Gasteiger partial charge < -0.3 is 10.3 Å². The van der Waals surface area contributed by atoms with Crippen LogP contribution in [0.2, 0.25) is 0 Å². The minimum absolute atomic E-state index is 0.194. The van der Waals surface area contributed by atoms with Crippen molar-refractivity contribution in [3.63, 3.8) is 0 Å². The van der Waals surface area contributed by atoms with E-state index in [0.29, 0.717) is 28.8 Å². The summed E-state index contributed by atoms with van der Waals surface area (Å²) in [5.74, 6) is 0.417. The number of benzene rings is 1. The zero-order valence-electron chi connectivity index (χ0n) is 9.23. The Morgan fingerprint density at radius 2 is 2.18 bits per heavy atom.